The number of aliphatic carboxylic acids is 1. The molecule has 1 aliphatic carbocycles. The smallest absolute Gasteiger partial charge is 0.311 e. The van der Waals surface area contributed by atoms with Crippen LogP contribution in [0.4, 0.5) is 0 Å². The summed E-state index contributed by atoms with van der Waals surface area (Å²) in [7, 11) is -2.11. The number of carbonyl (C=O) groups is 1. The van der Waals surface area contributed by atoms with Crippen LogP contribution in [0.15, 0.2) is 11.2 Å². The number of nitrogens with zero attached hydrogens (tertiary/aromatic N) is 3. The van der Waals surface area contributed by atoms with E-state index in [0.29, 0.717) is 18.5 Å². The van der Waals surface area contributed by atoms with Gasteiger partial charge >= 0.3 is 5.97 Å². The molecule has 0 radical (unpaired) electrons. The fourth-order valence-electron chi connectivity index (χ4n) is 3.80. The molecule has 0 bridgehead atoms. The summed E-state index contributed by atoms with van der Waals surface area (Å²) in [6.07, 6.45) is 3.71. The van der Waals surface area contributed by atoms with Crippen LogP contribution in [0, 0.1) is 18.3 Å². The number of aryl methyl sites for hydroxylation is 2. The van der Waals surface area contributed by atoms with E-state index < -0.39 is 21.4 Å². The van der Waals surface area contributed by atoms with Gasteiger partial charge < -0.3 is 5.11 Å². The lowest BCUT2D eigenvalue weighted by atomic mass is 9.81. The number of sulfonamides is 1. The molecule has 3 rings (SSSR count). The van der Waals surface area contributed by atoms with Crippen molar-refractivity contribution in [3.05, 3.63) is 11.8 Å². The maximum Gasteiger partial charge on any atom is 0.311 e. The molecule has 2 heterocycles. The van der Waals surface area contributed by atoms with E-state index in [1.54, 1.807) is 14.0 Å². The zero-order chi connectivity index (χ0) is 15.4. The van der Waals surface area contributed by atoms with E-state index in [2.05, 4.69) is 5.10 Å². The second kappa shape index (κ2) is 4.54. The van der Waals surface area contributed by atoms with Crippen molar-refractivity contribution in [2.24, 2.45) is 18.4 Å². The maximum absolute atomic E-state index is 12.8. The summed E-state index contributed by atoms with van der Waals surface area (Å²) < 4.78 is 28.3. The topological polar surface area (TPSA) is 92.5 Å². The predicted molar refractivity (Wildman–Crippen MR) is 74.1 cm³/mol. The molecule has 0 unspecified atom stereocenters. The van der Waals surface area contributed by atoms with E-state index in [-0.39, 0.29) is 17.5 Å². The number of carboxylic acids is 1. The highest BCUT2D eigenvalue weighted by Crippen LogP contribution is 2.50. The standard InChI is InChI=1S/C13H19N3O4S/c1-9-6-14-15(2)11(9)21(19,20)16-7-10-4-3-5-13(10,8-16)12(17)18/h6,10H,3-5,7-8H2,1-2H3,(H,17,18)/t10-,13+/m0/s1. The highest BCUT2D eigenvalue weighted by atomic mass is 32.2. The van der Waals surface area contributed by atoms with Crippen LogP contribution in [0.2, 0.25) is 0 Å². The van der Waals surface area contributed by atoms with Gasteiger partial charge in [-0.25, -0.2) is 8.42 Å². The minimum atomic E-state index is -3.70. The Morgan fingerprint density at radius 1 is 1.52 bits per heavy atom. The van der Waals surface area contributed by atoms with E-state index >= 15 is 0 Å². The van der Waals surface area contributed by atoms with Gasteiger partial charge in [0.05, 0.1) is 11.6 Å². The molecule has 0 aromatic carbocycles. The van der Waals surface area contributed by atoms with Crippen LogP contribution in [0.1, 0.15) is 24.8 Å². The van der Waals surface area contributed by atoms with Crippen LogP contribution in [0.5, 0.6) is 0 Å². The van der Waals surface area contributed by atoms with Gasteiger partial charge in [-0.05, 0) is 25.7 Å². The Morgan fingerprint density at radius 2 is 2.24 bits per heavy atom. The van der Waals surface area contributed by atoms with Crippen LogP contribution in [0.3, 0.4) is 0 Å². The van der Waals surface area contributed by atoms with Crippen molar-refractivity contribution in [1.29, 1.82) is 0 Å². The van der Waals surface area contributed by atoms with E-state index in [0.717, 1.165) is 12.8 Å². The Labute approximate surface area is 123 Å². The summed E-state index contributed by atoms with van der Waals surface area (Å²) in [4.78, 5) is 11.7. The average molecular weight is 313 g/mol. The Kier molecular flexibility index (Phi) is 3.14. The first-order valence-corrected chi connectivity index (χ1v) is 8.45. The van der Waals surface area contributed by atoms with Crippen LogP contribution in [-0.4, -0.2) is 46.7 Å². The van der Waals surface area contributed by atoms with E-state index in [9.17, 15) is 18.3 Å². The van der Waals surface area contributed by atoms with Gasteiger partial charge in [0, 0.05) is 25.7 Å². The molecule has 0 amide bonds. The fraction of sp³-hybridized carbons (Fsp3) is 0.692. The summed E-state index contributed by atoms with van der Waals surface area (Å²) in [5.41, 5.74) is -0.321. The number of hydrogen-bond donors (Lipinski definition) is 1. The molecule has 8 heteroatoms. The lowest BCUT2D eigenvalue weighted by molar-refractivity contribution is -0.149. The fourth-order valence-corrected chi connectivity index (χ4v) is 5.67. The maximum atomic E-state index is 12.8. The molecule has 2 aliphatic rings. The molecule has 116 valence electrons. The van der Waals surface area contributed by atoms with Gasteiger partial charge in [0.15, 0.2) is 5.03 Å². The number of carboxylic acid groups (broad SMARTS) is 1. The molecule has 1 aromatic rings. The number of rotatable bonds is 3. The molecule has 2 atom stereocenters. The molecular formula is C13H19N3O4S. The average Bonchev–Trinajstić information content (AvgIpc) is 3.01. The van der Waals surface area contributed by atoms with Gasteiger partial charge in [-0.2, -0.15) is 9.40 Å². The van der Waals surface area contributed by atoms with Gasteiger partial charge in [-0.3, -0.25) is 9.48 Å². The van der Waals surface area contributed by atoms with Gasteiger partial charge in [0.25, 0.3) is 10.0 Å². The molecule has 1 aromatic heterocycles. The highest BCUT2D eigenvalue weighted by Gasteiger charge is 2.57. The van der Waals surface area contributed by atoms with Crippen LogP contribution >= 0.6 is 0 Å². The zero-order valence-electron chi connectivity index (χ0n) is 12.1. The Balaban J connectivity index is 1.98. The molecule has 1 aliphatic heterocycles. The lowest BCUT2D eigenvalue weighted by Crippen LogP contribution is -2.37. The van der Waals surface area contributed by atoms with Crippen molar-refractivity contribution < 1.29 is 18.3 Å². The Hall–Kier alpha value is -1.41. The van der Waals surface area contributed by atoms with E-state index in [1.807, 2.05) is 0 Å². The zero-order valence-corrected chi connectivity index (χ0v) is 12.9. The molecule has 1 N–H and O–H groups in total. The molecule has 0 spiro atoms. The quantitative estimate of drug-likeness (QED) is 0.882. The number of aromatic nitrogens is 2. The second-order valence-corrected chi connectivity index (χ2v) is 7.96. The normalized spacial score (nSPS) is 29.7. The monoisotopic (exact) mass is 313 g/mol. The Bertz CT molecular complexity index is 677. The third kappa shape index (κ3) is 1.92. The molecule has 1 saturated carbocycles. The van der Waals surface area contributed by atoms with Gasteiger partial charge in [0.1, 0.15) is 0 Å². The summed E-state index contributed by atoms with van der Waals surface area (Å²) >= 11 is 0. The molecule has 21 heavy (non-hydrogen) atoms. The first-order valence-electron chi connectivity index (χ1n) is 7.01. The first kappa shape index (κ1) is 14.5. The van der Waals surface area contributed by atoms with Crippen molar-refractivity contribution in [3.8, 4) is 0 Å². The van der Waals surface area contributed by atoms with Crippen LogP contribution in [0.25, 0.3) is 0 Å². The second-order valence-electron chi connectivity index (χ2n) is 6.10. The summed E-state index contributed by atoms with van der Waals surface area (Å²) in [6, 6.07) is 0. The third-order valence-corrected chi connectivity index (χ3v) is 6.94. The van der Waals surface area contributed by atoms with Crippen molar-refractivity contribution in [3.63, 3.8) is 0 Å². The molecule has 1 saturated heterocycles. The minimum Gasteiger partial charge on any atom is -0.481 e. The van der Waals surface area contributed by atoms with Crippen molar-refractivity contribution >= 4 is 16.0 Å². The molecular weight excluding hydrogens is 294 g/mol. The van der Waals surface area contributed by atoms with Gasteiger partial charge in [-0.1, -0.05) is 6.42 Å². The Morgan fingerprint density at radius 3 is 2.76 bits per heavy atom. The van der Waals surface area contributed by atoms with Crippen molar-refractivity contribution in [2.45, 2.75) is 31.2 Å². The summed E-state index contributed by atoms with van der Waals surface area (Å²) in [5, 5.41) is 13.7. The molecule has 7 nitrogen and oxygen atoms in total. The van der Waals surface area contributed by atoms with Crippen LogP contribution < -0.4 is 0 Å². The third-order valence-electron chi connectivity index (χ3n) is 4.91. The van der Waals surface area contributed by atoms with Gasteiger partial charge in [0.2, 0.25) is 0 Å². The van der Waals surface area contributed by atoms with E-state index in [1.165, 1.54) is 15.2 Å². The first-order chi connectivity index (χ1) is 9.79. The number of hydrogen-bond acceptors (Lipinski definition) is 4. The highest BCUT2D eigenvalue weighted by molar-refractivity contribution is 7.89. The summed E-state index contributed by atoms with van der Waals surface area (Å²) in [5.74, 6) is -0.956. The lowest BCUT2D eigenvalue weighted by Gasteiger charge is -2.23. The number of fused-ring (bicyclic) bond motifs is 1. The predicted octanol–water partition coefficient (Wildman–Crippen LogP) is 0.604. The van der Waals surface area contributed by atoms with E-state index in [4.69, 9.17) is 0 Å². The van der Waals surface area contributed by atoms with Crippen molar-refractivity contribution in [1.82, 2.24) is 14.1 Å². The van der Waals surface area contributed by atoms with Crippen molar-refractivity contribution in [2.75, 3.05) is 13.1 Å². The molecule has 2 fully saturated rings. The largest absolute Gasteiger partial charge is 0.481 e. The SMILES string of the molecule is Cc1cnn(C)c1S(=O)(=O)N1C[C@@H]2CCC[C@@]2(C(=O)O)C1. The van der Waals surface area contributed by atoms with Gasteiger partial charge in [-0.15, -0.1) is 0 Å². The summed E-state index contributed by atoms with van der Waals surface area (Å²) in [6.45, 7) is 2.06. The van der Waals surface area contributed by atoms with Crippen LogP contribution in [-0.2, 0) is 21.9 Å². The minimum absolute atomic E-state index is 0.0694.